The molecule has 1 aromatic carbocycles. The summed E-state index contributed by atoms with van der Waals surface area (Å²) in [5, 5.41) is 12.5. The Bertz CT molecular complexity index is 436. The van der Waals surface area contributed by atoms with Gasteiger partial charge in [0.05, 0.1) is 6.10 Å². The predicted molar refractivity (Wildman–Crippen MR) is 69.6 cm³/mol. The average Bonchev–Trinajstić information content (AvgIpc) is 2.41. The molecule has 19 heavy (non-hydrogen) atoms. The van der Waals surface area contributed by atoms with Gasteiger partial charge in [-0.2, -0.15) is 0 Å². The van der Waals surface area contributed by atoms with E-state index in [1.807, 2.05) is 0 Å². The number of carbonyl (C=O) groups is 1. The molecule has 104 valence electrons. The van der Waals surface area contributed by atoms with Crippen molar-refractivity contribution in [1.82, 2.24) is 5.32 Å². The van der Waals surface area contributed by atoms with Crippen LogP contribution >= 0.6 is 0 Å². The minimum absolute atomic E-state index is 0.0738. The number of aliphatic hydroxyl groups is 1. The summed E-state index contributed by atoms with van der Waals surface area (Å²) in [5.74, 6) is -0.551. The SMILES string of the molecule is N[C@@H]1CC[C@H](C(=O)NCc2ccc(F)cc2)C[C@H]1O. The molecule has 0 aliphatic heterocycles. The van der Waals surface area contributed by atoms with Crippen LogP contribution in [0, 0.1) is 11.7 Å². The van der Waals surface area contributed by atoms with Crippen molar-refractivity contribution >= 4 is 5.91 Å². The van der Waals surface area contributed by atoms with Gasteiger partial charge in [0.15, 0.2) is 0 Å². The largest absolute Gasteiger partial charge is 0.391 e. The Morgan fingerprint density at radius 3 is 2.68 bits per heavy atom. The van der Waals surface area contributed by atoms with Gasteiger partial charge in [-0.1, -0.05) is 12.1 Å². The van der Waals surface area contributed by atoms with Gasteiger partial charge >= 0.3 is 0 Å². The quantitative estimate of drug-likeness (QED) is 0.762. The molecular formula is C14H19FN2O2. The fourth-order valence-corrected chi connectivity index (χ4v) is 2.34. The first kappa shape index (κ1) is 14.0. The van der Waals surface area contributed by atoms with Gasteiger partial charge in [0.2, 0.25) is 5.91 Å². The number of hydrogen-bond donors (Lipinski definition) is 3. The maximum Gasteiger partial charge on any atom is 0.223 e. The van der Waals surface area contributed by atoms with Gasteiger partial charge in [0, 0.05) is 18.5 Å². The summed E-state index contributed by atoms with van der Waals surface area (Å²) in [6.45, 7) is 0.373. The maximum absolute atomic E-state index is 12.7. The Hall–Kier alpha value is -1.46. The highest BCUT2D eigenvalue weighted by Crippen LogP contribution is 2.23. The number of benzene rings is 1. The van der Waals surface area contributed by atoms with Crippen molar-refractivity contribution in [2.24, 2.45) is 11.7 Å². The summed E-state index contributed by atoms with van der Waals surface area (Å²) in [4.78, 5) is 12.0. The summed E-state index contributed by atoms with van der Waals surface area (Å²) in [5.41, 5.74) is 6.55. The van der Waals surface area contributed by atoms with Gasteiger partial charge in [-0.25, -0.2) is 4.39 Å². The maximum atomic E-state index is 12.7. The third-order valence-electron chi connectivity index (χ3n) is 3.62. The molecule has 0 spiro atoms. The molecule has 4 N–H and O–H groups in total. The van der Waals surface area contributed by atoms with Crippen LogP contribution in [0.3, 0.4) is 0 Å². The fraction of sp³-hybridized carbons (Fsp3) is 0.500. The van der Waals surface area contributed by atoms with Crippen LogP contribution < -0.4 is 11.1 Å². The van der Waals surface area contributed by atoms with E-state index in [4.69, 9.17) is 5.73 Å². The summed E-state index contributed by atoms with van der Waals surface area (Å²) in [6, 6.07) is 5.79. The molecule has 2 rings (SSSR count). The standard InChI is InChI=1S/C14H19FN2O2/c15-11-4-1-9(2-5-11)8-17-14(19)10-3-6-12(16)13(18)7-10/h1-2,4-5,10,12-13,18H,3,6-8,16H2,(H,17,19)/t10-,12+,13+/m0/s1. The average molecular weight is 266 g/mol. The first-order valence-corrected chi connectivity index (χ1v) is 6.52. The Balaban J connectivity index is 1.83. The highest BCUT2D eigenvalue weighted by atomic mass is 19.1. The lowest BCUT2D eigenvalue weighted by atomic mass is 9.84. The van der Waals surface area contributed by atoms with Gasteiger partial charge in [-0.05, 0) is 37.0 Å². The molecule has 0 saturated heterocycles. The Morgan fingerprint density at radius 2 is 2.05 bits per heavy atom. The van der Waals surface area contributed by atoms with Gasteiger partial charge < -0.3 is 16.2 Å². The van der Waals surface area contributed by atoms with Gasteiger partial charge in [0.1, 0.15) is 5.82 Å². The zero-order valence-corrected chi connectivity index (χ0v) is 10.7. The van der Waals surface area contributed by atoms with Crippen LogP contribution in [0.25, 0.3) is 0 Å². The highest BCUT2D eigenvalue weighted by Gasteiger charge is 2.30. The van der Waals surface area contributed by atoms with Crippen molar-refractivity contribution in [3.63, 3.8) is 0 Å². The van der Waals surface area contributed by atoms with Gasteiger partial charge in [-0.15, -0.1) is 0 Å². The second kappa shape index (κ2) is 6.12. The number of nitrogens with one attached hydrogen (secondary N) is 1. The van der Waals surface area contributed by atoms with Crippen LogP contribution in [-0.4, -0.2) is 23.2 Å². The monoisotopic (exact) mass is 266 g/mol. The third-order valence-corrected chi connectivity index (χ3v) is 3.62. The molecule has 0 aromatic heterocycles. The molecule has 1 aromatic rings. The second-order valence-corrected chi connectivity index (χ2v) is 5.09. The van der Waals surface area contributed by atoms with Crippen molar-refractivity contribution in [3.8, 4) is 0 Å². The summed E-state index contributed by atoms with van der Waals surface area (Å²) in [7, 11) is 0. The normalized spacial score (nSPS) is 27.0. The molecule has 4 nitrogen and oxygen atoms in total. The van der Waals surface area contributed by atoms with Crippen molar-refractivity contribution in [2.45, 2.75) is 38.0 Å². The number of nitrogens with two attached hydrogens (primary N) is 1. The van der Waals surface area contributed by atoms with Gasteiger partial charge in [0.25, 0.3) is 0 Å². The van der Waals surface area contributed by atoms with Crippen LogP contribution in [0.15, 0.2) is 24.3 Å². The first-order valence-electron chi connectivity index (χ1n) is 6.52. The molecular weight excluding hydrogens is 247 g/mol. The van der Waals surface area contributed by atoms with Crippen LogP contribution in [0.4, 0.5) is 4.39 Å². The molecule has 0 radical (unpaired) electrons. The van der Waals surface area contributed by atoms with E-state index in [1.165, 1.54) is 12.1 Å². The smallest absolute Gasteiger partial charge is 0.223 e. The van der Waals surface area contributed by atoms with Crippen LogP contribution in [0.1, 0.15) is 24.8 Å². The number of carbonyl (C=O) groups excluding carboxylic acids is 1. The second-order valence-electron chi connectivity index (χ2n) is 5.09. The molecule has 0 bridgehead atoms. The van der Waals surface area contributed by atoms with E-state index < -0.39 is 6.10 Å². The Kier molecular flexibility index (Phi) is 4.50. The molecule has 0 unspecified atom stereocenters. The lowest BCUT2D eigenvalue weighted by Crippen LogP contribution is -2.44. The fourth-order valence-electron chi connectivity index (χ4n) is 2.34. The number of hydrogen-bond acceptors (Lipinski definition) is 3. The van der Waals surface area contributed by atoms with Crippen LogP contribution in [0.5, 0.6) is 0 Å². The van der Waals surface area contributed by atoms with Crippen molar-refractivity contribution in [1.29, 1.82) is 0 Å². The number of amides is 1. The van der Waals surface area contributed by atoms with E-state index in [1.54, 1.807) is 12.1 Å². The molecule has 1 saturated carbocycles. The Labute approximate surface area is 111 Å². The minimum atomic E-state index is -0.602. The highest BCUT2D eigenvalue weighted by molar-refractivity contribution is 5.78. The molecule has 1 aliphatic rings. The molecule has 3 atom stereocenters. The number of halogens is 1. The van der Waals surface area contributed by atoms with E-state index >= 15 is 0 Å². The van der Waals surface area contributed by atoms with Crippen LogP contribution in [-0.2, 0) is 11.3 Å². The summed E-state index contributed by atoms with van der Waals surface area (Å²) < 4.78 is 12.7. The van der Waals surface area contributed by atoms with Crippen LogP contribution in [0.2, 0.25) is 0 Å². The van der Waals surface area contributed by atoms with E-state index in [0.29, 0.717) is 25.8 Å². The Morgan fingerprint density at radius 1 is 1.37 bits per heavy atom. The molecule has 1 fully saturated rings. The third kappa shape index (κ3) is 3.75. The number of rotatable bonds is 3. The van der Waals surface area contributed by atoms with Crippen molar-refractivity contribution < 1.29 is 14.3 Å². The summed E-state index contributed by atoms with van der Waals surface area (Å²) >= 11 is 0. The molecule has 1 amide bonds. The number of aliphatic hydroxyl groups excluding tert-OH is 1. The molecule has 0 heterocycles. The van der Waals surface area contributed by atoms with Gasteiger partial charge in [-0.3, -0.25) is 4.79 Å². The molecule has 1 aliphatic carbocycles. The lowest BCUT2D eigenvalue weighted by molar-refractivity contribution is -0.127. The topological polar surface area (TPSA) is 75.4 Å². The minimum Gasteiger partial charge on any atom is -0.391 e. The lowest BCUT2D eigenvalue weighted by Gasteiger charge is -2.29. The zero-order chi connectivity index (χ0) is 13.8. The predicted octanol–water partition coefficient (Wildman–Crippen LogP) is 0.930. The van der Waals surface area contributed by atoms with E-state index in [-0.39, 0.29) is 23.7 Å². The summed E-state index contributed by atoms with van der Waals surface area (Å²) in [6.07, 6.45) is 1.18. The zero-order valence-electron chi connectivity index (χ0n) is 10.7. The van der Waals surface area contributed by atoms with E-state index in [2.05, 4.69) is 5.32 Å². The van der Waals surface area contributed by atoms with E-state index in [9.17, 15) is 14.3 Å². The first-order chi connectivity index (χ1) is 9.06. The van der Waals surface area contributed by atoms with Crippen molar-refractivity contribution in [2.75, 3.05) is 0 Å². The molecule has 5 heteroatoms. The van der Waals surface area contributed by atoms with E-state index in [0.717, 1.165) is 5.56 Å². The van der Waals surface area contributed by atoms with Crippen molar-refractivity contribution in [3.05, 3.63) is 35.6 Å².